The van der Waals surface area contributed by atoms with E-state index in [-0.39, 0.29) is 18.6 Å². The molecular formula is C17H26O4. The lowest BCUT2D eigenvalue weighted by Gasteiger charge is -2.41. The van der Waals surface area contributed by atoms with Crippen molar-refractivity contribution in [1.82, 2.24) is 0 Å². The third kappa shape index (κ3) is 4.73. The van der Waals surface area contributed by atoms with Crippen molar-refractivity contribution in [3.05, 3.63) is 24.3 Å². The van der Waals surface area contributed by atoms with Gasteiger partial charge in [0.2, 0.25) is 0 Å². The first-order valence-electron chi connectivity index (χ1n) is 7.44. The molecule has 0 aromatic heterocycles. The number of rotatable bonds is 6. The Bertz CT molecular complexity index is 406. The number of hydrogen-bond acceptors (Lipinski definition) is 4. The van der Waals surface area contributed by atoms with Gasteiger partial charge >= 0.3 is 11.9 Å². The molecule has 1 aliphatic rings. The van der Waals surface area contributed by atoms with Crippen LogP contribution in [0.3, 0.4) is 0 Å². The number of carbonyl (C=O) groups is 2. The summed E-state index contributed by atoms with van der Waals surface area (Å²) in [6.45, 7) is 13.1. The quantitative estimate of drug-likeness (QED) is 0.556. The fraction of sp³-hybridized carbons (Fsp3) is 0.647. The normalized spacial score (nSPS) is 20.4. The molecule has 0 aliphatic heterocycles. The summed E-state index contributed by atoms with van der Waals surface area (Å²) in [6.07, 6.45) is 4.15. The Morgan fingerprint density at radius 2 is 1.52 bits per heavy atom. The molecule has 21 heavy (non-hydrogen) atoms. The van der Waals surface area contributed by atoms with Gasteiger partial charge in [-0.05, 0) is 32.6 Å². The molecular weight excluding hydrogens is 268 g/mol. The van der Waals surface area contributed by atoms with Crippen molar-refractivity contribution in [3.8, 4) is 0 Å². The van der Waals surface area contributed by atoms with E-state index >= 15 is 0 Å². The molecule has 1 atom stereocenters. The zero-order chi connectivity index (χ0) is 16.0. The lowest BCUT2D eigenvalue weighted by molar-refractivity contribution is -0.154. The Morgan fingerprint density at radius 3 is 1.90 bits per heavy atom. The van der Waals surface area contributed by atoms with E-state index < -0.39 is 11.9 Å². The maximum atomic E-state index is 11.6. The smallest absolute Gasteiger partial charge is 0.333 e. The van der Waals surface area contributed by atoms with E-state index in [1.165, 1.54) is 0 Å². The number of hydrogen-bond donors (Lipinski definition) is 0. The summed E-state index contributed by atoms with van der Waals surface area (Å²) in [5.74, 6) is -0.446. The second-order valence-corrected chi connectivity index (χ2v) is 6.22. The third-order valence-electron chi connectivity index (χ3n) is 4.29. The van der Waals surface area contributed by atoms with Gasteiger partial charge in [0.05, 0.1) is 0 Å². The van der Waals surface area contributed by atoms with Crippen molar-refractivity contribution in [1.29, 1.82) is 0 Å². The lowest BCUT2D eigenvalue weighted by atomic mass is 9.68. The average molecular weight is 294 g/mol. The van der Waals surface area contributed by atoms with E-state index in [0.717, 1.165) is 25.7 Å². The van der Waals surface area contributed by atoms with Gasteiger partial charge in [0, 0.05) is 16.6 Å². The molecule has 1 unspecified atom stereocenters. The van der Waals surface area contributed by atoms with Crippen LogP contribution in [-0.4, -0.2) is 25.2 Å². The minimum absolute atomic E-state index is 0.267. The van der Waals surface area contributed by atoms with Crippen LogP contribution < -0.4 is 0 Å². The van der Waals surface area contributed by atoms with E-state index in [0.29, 0.717) is 17.1 Å². The van der Waals surface area contributed by atoms with E-state index in [9.17, 15) is 9.59 Å². The van der Waals surface area contributed by atoms with Crippen molar-refractivity contribution < 1.29 is 19.1 Å². The van der Waals surface area contributed by atoms with Crippen LogP contribution >= 0.6 is 0 Å². The Morgan fingerprint density at radius 1 is 1.05 bits per heavy atom. The van der Waals surface area contributed by atoms with Crippen molar-refractivity contribution in [2.24, 2.45) is 11.3 Å². The largest absolute Gasteiger partial charge is 0.462 e. The highest BCUT2D eigenvalue weighted by Gasteiger charge is 2.41. The van der Waals surface area contributed by atoms with Crippen molar-refractivity contribution in [2.45, 2.75) is 46.5 Å². The maximum absolute atomic E-state index is 11.6. The molecule has 0 heterocycles. The predicted octanol–water partition coefficient (Wildman–Crippen LogP) is 3.42. The van der Waals surface area contributed by atoms with Gasteiger partial charge in [0.15, 0.2) is 0 Å². The molecule has 4 nitrogen and oxygen atoms in total. The van der Waals surface area contributed by atoms with Gasteiger partial charge in [-0.3, -0.25) is 0 Å². The van der Waals surface area contributed by atoms with Gasteiger partial charge in [-0.1, -0.05) is 32.9 Å². The summed E-state index contributed by atoms with van der Waals surface area (Å²) in [5.41, 5.74) is 0.467. The van der Waals surface area contributed by atoms with Gasteiger partial charge in [-0.2, -0.15) is 0 Å². The van der Waals surface area contributed by atoms with Gasteiger partial charge in [-0.15, -0.1) is 0 Å². The van der Waals surface area contributed by atoms with Crippen molar-refractivity contribution >= 4 is 11.9 Å². The van der Waals surface area contributed by atoms with E-state index in [2.05, 4.69) is 20.1 Å². The fourth-order valence-corrected chi connectivity index (χ4v) is 2.62. The summed E-state index contributed by atoms with van der Waals surface area (Å²) in [7, 11) is 0. The zero-order valence-electron chi connectivity index (χ0n) is 13.4. The Balaban J connectivity index is 2.75. The molecule has 1 rings (SSSR count). The zero-order valence-corrected chi connectivity index (χ0v) is 13.4. The summed E-state index contributed by atoms with van der Waals surface area (Å²) in [4.78, 5) is 23.3. The highest BCUT2D eigenvalue weighted by Crippen LogP contribution is 2.42. The minimum Gasteiger partial charge on any atom is -0.462 e. The summed E-state index contributed by atoms with van der Waals surface area (Å²) < 4.78 is 10.7. The summed E-state index contributed by atoms with van der Waals surface area (Å²) in [5, 5.41) is 0. The van der Waals surface area contributed by atoms with Crippen LogP contribution in [0.2, 0.25) is 0 Å². The topological polar surface area (TPSA) is 52.6 Å². The van der Waals surface area contributed by atoms with E-state index in [1.54, 1.807) is 13.8 Å². The van der Waals surface area contributed by atoms with Crippen LogP contribution in [0.25, 0.3) is 0 Å². The van der Waals surface area contributed by atoms with E-state index in [4.69, 9.17) is 9.47 Å². The summed E-state index contributed by atoms with van der Waals surface area (Å²) in [6, 6.07) is 0. The lowest BCUT2D eigenvalue weighted by Crippen LogP contribution is -2.42. The van der Waals surface area contributed by atoms with Crippen LogP contribution in [0.1, 0.15) is 46.5 Å². The van der Waals surface area contributed by atoms with Crippen LogP contribution in [0.4, 0.5) is 0 Å². The minimum atomic E-state index is -0.390. The molecule has 0 saturated heterocycles. The molecule has 4 heteroatoms. The SMILES string of the molecule is C=C(C)C(=O)OCC1(COC(=O)C(=C)C)CCCCC1C. The van der Waals surface area contributed by atoms with E-state index in [1.807, 2.05) is 0 Å². The molecule has 1 saturated carbocycles. The van der Waals surface area contributed by atoms with Crippen molar-refractivity contribution in [3.63, 3.8) is 0 Å². The van der Waals surface area contributed by atoms with Gasteiger partial charge in [0.1, 0.15) is 13.2 Å². The molecule has 1 aliphatic carbocycles. The van der Waals surface area contributed by atoms with Crippen molar-refractivity contribution in [2.75, 3.05) is 13.2 Å². The van der Waals surface area contributed by atoms with Gasteiger partial charge < -0.3 is 9.47 Å². The first kappa shape index (κ1) is 17.5. The second kappa shape index (κ2) is 7.43. The highest BCUT2D eigenvalue weighted by molar-refractivity contribution is 5.87. The van der Waals surface area contributed by atoms with Crippen LogP contribution in [0, 0.1) is 11.3 Å². The number of carbonyl (C=O) groups excluding carboxylic acids is 2. The molecule has 0 bridgehead atoms. The fourth-order valence-electron chi connectivity index (χ4n) is 2.62. The van der Waals surface area contributed by atoms with Crippen LogP contribution in [0.5, 0.6) is 0 Å². The molecule has 0 amide bonds. The Labute approximate surface area is 127 Å². The average Bonchev–Trinajstić information content (AvgIpc) is 2.44. The number of ether oxygens (including phenoxy) is 2. The molecule has 0 radical (unpaired) electrons. The predicted molar refractivity (Wildman–Crippen MR) is 81.6 cm³/mol. The molecule has 0 N–H and O–H groups in total. The standard InChI is InChI=1S/C17H26O4/c1-12(2)15(18)20-10-17(9-7-6-8-14(17)5)11-21-16(19)13(3)4/h14H,1,3,6-11H2,2,4-5H3. The Kier molecular flexibility index (Phi) is 6.19. The molecule has 0 spiro atoms. The molecule has 0 aromatic rings. The second-order valence-electron chi connectivity index (χ2n) is 6.22. The maximum Gasteiger partial charge on any atom is 0.333 e. The first-order valence-corrected chi connectivity index (χ1v) is 7.44. The van der Waals surface area contributed by atoms with Gasteiger partial charge in [-0.25, -0.2) is 9.59 Å². The Hall–Kier alpha value is -1.58. The van der Waals surface area contributed by atoms with Crippen LogP contribution in [-0.2, 0) is 19.1 Å². The number of esters is 2. The molecule has 0 aromatic carbocycles. The van der Waals surface area contributed by atoms with Gasteiger partial charge in [0.25, 0.3) is 0 Å². The first-order chi connectivity index (χ1) is 9.78. The van der Waals surface area contributed by atoms with Crippen LogP contribution in [0.15, 0.2) is 24.3 Å². The molecule has 1 fully saturated rings. The third-order valence-corrected chi connectivity index (χ3v) is 4.29. The monoisotopic (exact) mass is 294 g/mol. The highest BCUT2D eigenvalue weighted by atomic mass is 16.5. The molecule has 118 valence electrons. The summed E-state index contributed by atoms with van der Waals surface area (Å²) >= 11 is 0.